The van der Waals surface area contributed by atoms with E-state index >= 15 is 0 Å². The predicted molar refractivity (Wildman–Crippen MR) is 119 cm³/mol. The molecule has 7 heteroatoms. The average Bonchev–Trinajstić information content (AvgIpc) is 3.38. The SMILES string of the molecule is O=C(OCc1ccccc1)c1ccc(N2C(=O)[C@@H]3[C@H]4C[C@@H]([C@H](Br)[C@H]4Br)[C@H]3C2=O)cc1. The van der Waals surface area contributed by atoms with Crippen LogP contribution in [0.3, 0.4) is 0 Å². The number of imide groups is 1. The third kappa shape index (κ3) is 3.05. The van der Waals surface area contributed by atoms with Gasteiger partial charge in [-0.25, -0.2) is 4.79 Å². The normalized spacial score (nSPS) is 31.9. The molecule has 0 aromatic heterocycles. The van der Waals surface area contributed by atoms with E-state index in [2.05, 4.69) is 31.9 Å². The fourth-order valence-corrected chi connectivity index (χ4v) is 7.03. The second-order valence-corrected chi connectivity index (χ2v) is 10.2. The van der Waals surface area contributed by atoms with E-state index < -0.39 is 5.97 Å². The number of hydrogen-bond donors (Lipinski definition) is 0. The van der Waals surface area contributed by atoms with Crippen LogP contribution >= 0.6 is 31.9 Å². The molecule has 30 heavy (non-hydrogen) atoms. The van der Waals surface area contributed by atoms with Gasteiger partial charge in [0.25, 0.3) is 0 Å². The number of esters is 1. The molecule has 0 unspecified atom stereocenters. The van der Waals surface area contributed by atoms with Crippen LogP contribution in [0.2, 0.25) is 0 Å². The van der Waals surface area contributed by atoms with Crippen LogP contribution in [0.4, 0.5) is 5.69 Å². The Morgan fingerprint density at radius 2 is 1.47 bits per heavy atom. The molecule has 1 saturated heterocycles. The van der Waals surface area contributed by atoms with Gasteiger partial charge in [0, 0.05) is 9.65 Å². The highest BCUT2D eigenvalue weighted by molar-refractivity contribution is 9.12. The number of ether oxygens (including phenoxy) is 1. The first-order chi connectivity index (χ1) is 14.5. The average molecular weight is 533 g/mol. The Morgan fingerprint density at radius 3 is 2.03 bits per heavy atom. The molecule has 2 amide bonds. The summed E-state index contributed by atoms with van der Waals surface area (Å²) in [6, 6.07) is 16.0. The standard InChI is InChI=1S/C23H19Br2NO4/c24-19-15-10-16(20(19)25)18-17(15)21(27)26(22(18)28)14-8-6-13(7-9-14)23(29)30-11-12-4-2-1-3-5-12/h1-9,15-20H,10-11H2/t15-,16-,17-,18-,19+,20+/m1/s1. The lowest BCUT2D eigenvalue weighted by atomic mass is 9.81. The van der Waals surface area contributed by atoms with Crippen LogP contribution in [0, 0.1) is 23.7 Å². The Hall–Kier alpha value is -1.99. The Labute approximate surface area is 191 Å². The molecule has 5 rings (SSSR count). The van der Waals surface area contributed by atoms with Gasteiger partial charge in [0.1, 0.15) is 6.61 Å². The van der Waals surface area contributed by atoms with Crippen LogP contribution in [0.1, 0.15) is 22.3 Å². The highest BCUT2D eigenvalue weighted by Gasteiger charge is 2.66. The number of fused-ring (bicyclic) bond motifs is 5. The molecule has 0 N–H and O–H groups in total. The van der Waals surface area contributed by atoms with Gasteiger partial charge in [-0.2, -0.15) is 0 Å². The van der Waals surface area contributed by atoms with E-state index in [1.165, 1.54) is 4.90 Å². The Balaban J connectivity index is 1.31. The molecule has 5 nitrogen and oxygen atoms in total. The molecular weight excluding hydrogens is 514 g/mol. The van der Waals surface area contributed by atoms with Gasteiger partial charge in [-0.3, -0.25) is 14.5 Å². The molecule has 0 spiro atoms. The Kier molecular flexibility index (Phi) is 5.06. The van der Waals surface area contributed by atoms with Crippen molar-refractivity contribution in [3.63, 3.8) is 0 Å². The van der Waals surface area contributed by atoms with Crippen molar-refractivity contribution in [2.45, 2.75) is 22.7 Å². The van der Waals surface area contributed by atoms with Crippen LogP contribution in [0.15, 0.2) is 54.6 Å². The van der Waals surface area contributed by atoms with Gasteiger partial charge in [-0.15, -0.1) is 0 Å². The second-order valence-electron chi connectivity index (χ2n) is 8.12. The molecule has 2 aromatic rings. The van der Waals surface area contributed by atoms with Crippen molar-refractivity contribution in [1.82, 2.24) is 0 Å². The van der Waals surface area contributed by atoms with E-state index in [4.69, 9.17) is 4.74 Å². The summed E-state index contributed by atoms with van der Waals surface area (Å²) < 4.78 is 5.35. The van der Waals surface area contributed by atoms with Gasteiger partial charge in [0.15, 0.2) is 0 Å². The number of hydrogen-bond acceptors (Lipinski definition) is 4. The maximum absolute atomic E-state index is 13.1. The van der Waals surface area contributed by atoms with Crippen LogP contribution in [-0.4, -0.2) is 27.4 Å². The number of carbonyl (C=O) groups is 3. The number of alkyl halides is 2. The van der Waals surface area contributed by atoms with Crippen LogP contribution in [0.25, 0.3) is 0 Å². The molecular formula is C23H19Br2NO4. The summed E-state index contributed by atoms with van der Waals surface area (Å²) in [4.78, 5) is 40.2. The number of rotatable bonds is 4. The molecule has 6 atom stereocenters. The van der Waals surface area contributed by atoms with Crippen molar-refractivity contribution < 1.29 is 19.1 Å². The first kappa shape index (κ1) is 19.9. The first-order valence-corrected chi connectivity index (χ1v) is 11.8. The van der Waals surface area contributed by atoms with Crippen molar-refractivity contribution in [1.29, 1.82) is 0 Å². The van der Waals surface area contributed by atoms with Gasteiger partial charge < -0.3 is 4.74 Å². The van der Waals surface area contributed by atoms with Crippen molar-refractivity contribution in [3.8, 4) is 0 Å². The van der Waals surface area contributed by atoms with Gasteiger partial charge in [-0.05, 0) is 48.1 Å². The lowest BCUT2D eigenvalue weighted by molar-refractivity contribution is -0.123. The third-order valence-electron chi connectivity index (χ3n) is 6.56. The minimum absolute atomic E-state index is 0.124. The van der Waals surface area contributed by atoms with E-state index in [0.717, 1.165) is 12.0 Å². The molecule has 1 aliphatic heterocycles. The number of amides is 2. The molecule has 2 saturated carbocycles. The van der Waals surface area contributed by atoms with E-state index in [9.17, 15) is 14.4 Å². The first-order valence-electron chi connectivity index (χ1n) is 9.94. The van der Waals surface area contributed by atoms with Crippen molar-refractivity contribution in [2.24, 2.45) is 23.7 Å². The number of benzene rings is 2. The van der Waals surface area contributed by atoms with Gasteiger partial charge in [0.05, 0.1) is 23.1 Å². The molecule has 2 aliphatic carbocycles. The van der Waals surface area contributed by atoms with Crippen molar-refractivity contribution in [2.75, 3.05) is 4.90 Å². The molecule has 3 fully saturated rings. The smallest absolute Gasteiger partial charge is 0.338 e. The van der Waals surface area contributed by atoms with Gasteiger partial charge in [0.2, 0.25) is 11.8 Å². The molecule has 2 bridgehead atoms. The molecule has 0 radical (unpaired) electrons. The summed E-state index contributed by atoms with van der Waals surface area (Å²) in [5.41, 5.74) is 1.80. The zero-order valence-electron chi connectivity index (χ0n) is 15.9. The minimum Gasteiger partial charge on any atom is -0.457 e. The Bertz CT molecular complexity index is 978. The number of anilines is 1. The van der Waals surface area contributed by atoms with Crippen molar-refractivity contribution >= 4 is 55.3 Å². The number of halogens is 2. The topological polar surface area (TPSA) is 63.7 Å². The van der Waals surface area contributed by atoms with E-state index in [-0.39, 0.29) is 51.7 Å². The zero-order chi connectivity index (χ0) is 21.0. The van der Waals surface area contributed by atoms with Crippen LogP contribution in [-0.2, 0) is 20.9 Å². The maximum atomic E-state index is 13.1. The maximum Gasteiger partial charge on any atom is 0.338 e. The summed E-state index contributed by atoms with van der Waals surface area (Å²) in [5.74, 6) is -0.839. The summed E-state index contributed by atoms with van der Waals surface area (Å²) in [7, 11) is 0. The van der Waals surface area contributed by atoms with Crippen LogP contribution in [0.5, 0.6) is 0 Å². The largest absolute Gasteiger partial charge is 0.457 e. The number of carbonyl (C=O) groups excluding carboxylic acids is 3. The van der Waals surface area contributed by atoms with E-state index in [1.54, 1.807) is 24.3 Å². The van der Waals surface area contributed by atoms with E-state index in [1.807, 2.05) is 30.3 Å². The van der Waals surface area contributed by atoms with Gasteiger partial charge in [-0.1, -0.05) is 62.2 Å². The predicted octanol–water partition coefficient (Wildman–Crippen LogP) is 4.33. The van der Waals surface area contributed by atoms with Gasteiger partial charge >= 0.3 is 5.97 Å². The lowest BCUT2D eigenvalue weighted by Crippen LogP contribution is -2.37. The summed E-state index contributed by atoms with van der Waals surface area (Å²) in [5, 5.41) is 0. The third-order valence-corrected chi connectivity index (χ3v) is 9.77. The molecule has 2 aromatic carbocycles. The molecule has 1 heterocycles. The molecule has 3 aliphatic rings. The fourth-order valence-electron chi connectivity index (χ4n) is 5.16. The second kappa shape index (κ2) is 7.61. The Morgan fingerprint density at radius 1 is 0.900 bits per heavy atom. The lowest BCUT2D eigenvalue weighted by Gasteiger charge is -2.28. The fraction of sp³-hybridized carbons (Fsp3) is 0.348. The summed E-state index contributed by atoms with van der Waals surface area (Å²) in [6.07, 6.45) is 0.901. The minimum atomic E-state index is -0.441. The van der Waals surface area contributed by atoms with E-state index in [0.29, 0.717) is 11.3 Å². The summed E-state index contributed by atoms with van der Waals surface area (Å²) in [6.45, 7) is 0.193. The molecule has 154 valence electrons. The van der Waals surface area contributed by atoms with Crippen molar-refractivity contribution in [3.05, 3.63) is 65.7 Å². The van der Waals surface area contributed by atoms with Crippen LogP contribution < -0.4 is 4.90 Å². The monoisotopic (exact) mass is 531 g/mol. The summed E-state index contributed by atoms with van der Waals surface area (Å²) >= 11 is 7.39. The highest BCUT2D eigenvalue weighted by atomic mass is 79.9. The highest BCUT2D eigenvalue weighted by Crippen LogP contribution is 2.60. The quantitative estimate of drug-likeness (QED) is 0.334. The number of nitrogens with zero attached hydrogens (tertiary/aromatic N) is 1. The zero-order valence-corrected chi connectivity index (χ0v) is 19.1.